The van der Waals surface area contributed by atoms with Crippen LogP contribution in [0.15, 0.2) is 24.3 Å². The summed E-state index contributed by atoms with van der Waals surface area (Å²) in [5, 5.41) is 0. The van der Waals surface area contributed by atoms with Gasteiger partial charge < -0.3 is 33.2 Å². The van der Waals surface area contributed by atoms with Crippen LogP contribution >= 0.6 is 0 Å². The summed E-state index contributed by atoms with van der Waals surface area (Å²) in [6.45, 7) is 3.18. The first kappa shape index (κ1) is 23.1. The van der Waals surface area contributed by atoms with Gasteiger partial charge in [0.05, 0.1) is 39.9 Å². The van der Waals surface area contributed by atoms with E-state index >= 15 is 0 Å². The Kier molecular flexibility index (Phi) is 6.97. The maximum absolute atomic E-state index is 13.1. The van der Waals surface area contributed by atoms with E-state index in [-0.39, 0.29) is 18.1 Å². The van der Waals surface area contributed by atoms with Gasteiger partial charge >= 0.3 is 5.97 Å². The van der Waals surface area contributed by atoms with Crippen LogP contribution in [-0.4, -0.2) is 47.0 Å². The second-order valence-corrected chi connectivity index (χ2v) is 7.10. The molecule has 0 saturated heterocycles. The first-order chi connectivity index (χ1) is 15.3. The summed E-state index contributed by atoms with van der Waals surface area (Å²) in [4.78, 5) is 25.3. The van der Waals surface area contributed by atoms with E-state index in [1.807, 2.05) is 0 Å². The topological polar surface area (TPSA) is 98.8 Å². The van der Waals surface area contributed by atoms with Crippen molar-refractivity contribution in [1.29, 1.82) is 0 Å². The molecule has 2 unspecified atom stereocenters. The van der Waals surface area contributed by atoms with E-state index in [2.05, 4.69) is 0 Å². The van der Waals surface area contributed by atoms with Gasteiger partial charge in [0.2, 0.25) is 18.3 Å². The van der Waals surface area contributed by atoms with Crippen LogP contribution in [0.3, 0.4) is 0 Å². The third-order valence-corrected chi connectivity index (χ3v) is 5.24. The monoisotopic (exact) mass is 446 g/mol. The molecule has 1 aliphatic rings. The number of rotatable bonds is 9. The lowest BCUT2D eigenvalue weighted by Crippen LogP contribution is -2.23. The van der Waals surface area contributed by atoms with E-state index in [4.69, 9.17) is 33.2 Å². The molecule has 1 heterocycles. The SMILES string of the molecule is COc1cc(C(=O)OC(c2cc(OC)c3c(c2)OCO3)C(C)C(C)=O)cc(OC)c1OC. The number of ketones is 1. The molecular formula is C23H26O9. The standard InChI is InChI=1S/C23H26O9/c1-12(13(2)24)20(14-7-18(28-5)22-19(8-14)30-11-31-22)32-23(25)15-9-16(26-3)21(29-6)17(10-15)27-4/h7-10,12,20H,11H2,1-6H3. The molecule has 2 aromatic rings. The van der Waals surface area contributed by atoms with Crippen LogP contribution in [0.4, 0.5) is 0 Å². The predicted octanol–water partition coefficient (Wildman–Crippen LogP) is 3.57. The van der Waals surface area contributed by atoms with Crippen LogP contribution in [0, 0.1) is 5.92 Å². The highest BCUT2D eigenvalue weighted by atomic mass is 16.7. The lowest BCUT2D eigenvalue weighted by Gasteiger charge is -2.24. The van der Waals surface area contributed by atoms with Crippen molar-refractivity contribution in [1.82, 2.24) is 0 Å². The van der Waals surface area contributed by atoms with E-state index in [0.29, 0.717) is 40.1 Å². The number of esters is 1. The molecule has 172 valence electrons. The second kappa shape index (κ2) is 9.67. The maximum Gasteiger partial charge on any atom is 0.339 e. The number of hydrogen-bond donors (Lipinski definition) is 0. The van der Waals surface area contributed by atoms with E-state index in [0.717, 1.165) is 0 Å². The maximum atomic E-state index is 13.1. The Balaban J connectivity index is 2.01. The van der Waals surface area contributed by atoms with Crippen molar-refractivity contribution in [3.8, 4) is 34.5 Å². The molecule has 0 saturated carbocycles. The molecule has 9 nitrogen and oxygen atoms in total. The van der Waals surface area contributed by atoms with Crippen molar-refractivity contribution >= 4 is 11.8 Å². The lowest BCUT2D eigenvalue weighted by molar-refractivity contribution is -0.123. The van der Waals surface area contributed by atoms with Crippen LogP contribution in [0.1, 0.15) is 35.9 Å². The molecule has 9 heteroatoms. The molecule has 2 atom stereocenters. The Morgan fingerprint density at radius 2 is 1.50 bits per heavy atom. The predicted molar refractivity (Wildman–Crippen MR) is 113 cm³/mol. The summed E-state index contributed by atoms with van der Waals surface area (Å²) in [6.07, 6.45) is -0.900. The van der Waals surface area contributed by atoms with Crippen LogP contribution in [0.25, 0.3) is 0 Å². The van der Waals surface area contributed by atoms with E-state index in [9.17, 15) is 9.59 Å². The molecule has 0 bridgehead atoms. The van der Waals surface area contributed by atoms with E-state index in [1.165, 1.54) is 47.5 Å². The number of carbonyl (C=O) groups is 2. The van der Waals surface area contributed by atoms with Gasteiger partial charge in [-0.25, -0.2) is 4.79 Å². The zero-order valence-electron chi connectivity index (χ0n) is 18.8. The normalized spacial score (nSPS) is 13.7. The first-order valence-electron chi connectivity index (χ1n) is 9.83. The third kappa shape index (κ3) is 4.37. The first-order valence-corrected chi connectivity index (χ1v) is 9.83. The van der Waals surface area contributed by atoms with Crippen molar-refractivity contribution < 1.29 is 42.7 Å². The summed E-state index contributed by atoms with van der Waals surface area (Å²) < 4.78 is 38.0. The van der Waals surface area contributed by atoms with Crippen LogP contribution in [-0.2, 0) is 9.53 Å². The number of hydrogen-bond acceptors (Lipinski definition) is 9. The van der Waals surface area contributed by atoms with Crippen molar-refractivity contribution in [3.05, 3.63) is 35.4 Å². The average molecular weight is 446 g/mol. The summed E-state index contributed by atoms with van der Waals surface area (Å²) in [7, 11) is 5.86. The highest BCUT2D eigenvalue weighted by Crippen LogP contribution is 2.45. The number of benzene rings is 2. The Morgan fingerprint density at radius 1 is 0.875 bits per heavy atom. The Hall–Kier alpha value is -3.62. The van der Waals surface area contributed by atoms with Crippen LogP contribution < -0.4 is 28.4 Å². The molecule has 0 radical (unpaired) electrons. The van der Waals surface area contributed by atoms with Crippen molar-refractivity contribution in [2.24, 2.45) is 5.92 Å². The summed E-state index contributed by atoms with van der Waals surface area (Å²) >= 11 is 0. The fourth-order valence-electron chi connectivity index (χ4n) is 3.37. The van der Waals surface area contributed by atoms with Crippen LogP contribution in [0.5, 0.6) is 34.5 Å². The van der Waals surface area contributed by atoms with Crippen molar-refractivity contribution in [2.45, 2.75) is 20.0 Å². The summed E-state index contributed by atoms with van der Waals surface area (Å²) in [6, 6.07) is 6.32. The van der Waals surface area contributed by atoms with Gasteiger partial charge in [0.1, 0.15) is 11.9 Å². The van der Waals surface area contributed by atoms with Gasteiger partial charge in [-0.05, 0) is 31.2 Å². The molecule has 0 fully saturated rings. The highest BCUT2D eigenvalue weighted by molar-refractivity contribution is 5.92. The van der Waals surface area contributed by atoms with Gasteiger partial charge in [-0.1, -0.05) is 6.92 Å². The number of carbonyl (C=O) groups excluding carboxylic acids is 2. The minimum absolute atomic E-state index is 0.0489. The molecule has 0 spiro atoms. The zero-order chi connectivity index (χ0) is 23.4. The van der Waals surface area contributed by atoms with E-state index < -0.39 is 18.0 Å². The Labute approximate surface area is 186 Å². The van der Waals surface area contributed by atoms with Crippen molar-refractivity contribution in [3.63, 3.8) is 0 Å². The van der Waals surface area contributed by atoms with Gasteiger partial charge in [-0.2, -0.15) is 0 Å². The zero-order valence-corrected chi connectivity index (χ0v) is 18.8. The smallest absolute Gasteiger partial charge is 0.339 e. The summed E-state index contributed by atoms with van der Waals surface area (Å²) in [5.74, 6) is 0.833. The van der Waals surface area contributed by atoms with Gasteiger partial charge in [0.15, 0.2) is 23.0 Å². The molecular weight excluding hydrogens is 420 g/mol. The number of fused-ring (bicyclic) bond motifs is 1. The molecule has 3 rings (SSSR count). The molecule has 32 heavy (non-hydrogen) atoms. The van der Waals surface area contributed by atoms with Crippen molar-refractivity contribution in [2.75, 3.05) is 35.2 Å². The quantitative estimate of drug-likeness (QED) is 0.535. The Bertz CT molecular complexity index is 990. The molecule has 1 aliphatic heterocycles. The van der Waals surface area contributed by atoms with Gasteiger partial charge in [0, 0.05) is 5.56 Å². The highest BCUT2D eigenvalue weighted by Gasteiger charge is 2.31. The number of Topliss-reactive ketones (excluding diaryl/α,β-unsaturated/α-hetero) is 1. The van der Waals surface area contributed by atoms with Gasteiger partial charge in [0.25, 0.3) is 0 Å². The van der Waals surface area contributed by atoms with Gasteiger partial charge in [-0.3, -0.25) is 4.79 Å². The average Bonchev–Trinajstić information content (AvgIpc) is 3.28. The number of ether oxygens (including phenoxy) is 7. The largest absolute Gasteiger partial charge is 0.493 e. The second-order valence-electron chi connectivity index (χ2n) is 7.10. The molecule has 0 aliphatic carbocycles. The molecule has 0 N–H and O–H groups in total. The fraction of sp³-hybridized carbons (Fsp3) is 0.391. The lowest BCUT2D eigenvalue weighted by atomic mass is 9.93. The van der Waals surface area contributed by atoms with Gasteiger partial charge in [-0.15, -0.1) is 0 Å². The minimum atomic E-state index is -0.900. The molecule has 0 aromatic heterocycles. The minimum Gasteiger partial charge on any atom is -0.493 e. The summed E-state index contributed by atoms with van der Waals surface area (Å²) in [5.41, 5.74) is 0.711. The molecule has 0 amide bonds. The molecule has 2 aromatic carbocycles. The van der Waals surface area contributed by atoms with E-state index in [1.54, 1.807) is 19.1 Å². The Morgan fingerprint density at radius 3 is 2.03 bits per heavy atom. The fourth-order valence-corrected chi connectivity index (χ4v) is 3.37. The number of methoxy groups -OCH3 is 4. The van der Waals surface area contributed by atoms with Crippen LogP contribution in [0.2, 0.25) is 0 Å². The third-order valence-electron chi connectivity index (χ3n) is 5.24.